The van der Waals surface area contributed by atoms with Gasteiger partial charge in [-0.3, -0.25) is 4.79 Å². The second-order valence-corrected chi connectivity index (χ2v) is 12.3. The monoisotopic (exact) mass is 572 g/mol. The van der Waals surface area contributed by atoms with E-state index in [9.17, 15) is 24.6 Å². The number of thiazole rings is 1. The van der Waals surface area contributed by atoms with Crippen molar-refractivity contribution in [1.82, 2.24) is 14.2 Å². The highest BCUT2D eigenvalue weighted by atomic mass is 32.2. The number of imidazole rings is 1. The molecule has 0 aromatic carbocycles. The Kier molecular flexibility index (Phi) is 7.62. The van der Waals surface area contributed by atoms with Gasteiger partial charge in [0.05, 0.1) is 42.3 Å². The number of hydrogen-bond acceptors (Lipinski definition) is 8. The summed E-state index contributed by atoms with van der Waals surface area (Å²) in [6.07, 6.45) is 8.86. The molecule has 208 valence electrons. The Bertz CT molecular complexity index is 1380. The van der Waals surface area contributed by atoms with Crippen LogP contribution in [0.5, 0.6) is 0 Å². The molecule has 12 heteroatoms. The highest BCUT2D eigenvalue weighted by molar-refractivity contribution is 8.03. The molecule has 10 nitrogen and oxygen atoms in total. The van der Waals surface area contributed by atoms with E-state index >= 15 is 0 Å². The van der Waals surface area contributed by atoms with E-state index in [2.05, 4.69) is 34.0 Å². The molecule has 0 unspecified atom stereocenters. The number of β-lactam (4-membered cyclic amide) rings is 1. The number of carboxylic acid groups (broad SMARTS) is 1. The third kappa shape index (κ3) is 4.78. The topological polar surface area (TPSA) is 118 Å². The molecule has 2 aromatic heterocycles. The van der Waals surface area contributed by atoms with Crippen molar-refractivity contribution >= 4 is 52.0 Å². The Morgan fingerprint density at radius 1 is 1.44 bits per heavy atom. The van der Waals surface area contributed by atoms with Crippen LogP contribution in [0.3, 0.4) is 0 Å². The zero-order valence-electron chi connectivity index (χ0n) is 22.1. The van der Waals surface area contributed by atoms with Crippen LogP contribution in [-0.4, -0.2) is 73.9 Å². The lowest BCUT2D eigenvalue weighted by atomic mass is 9.79. The summed E-state index contributed by atoms with van der Waals surface area (Å²) < 4.78 is 9.55. The minimum atomic E-state index is -1.40. The fraction of sp³-hybridized carbons (Fsp3) is 0.481. The SMILES string of the molecule is C=CCOC(=O)N1C[C@@H](SC2=C(C(=O)[O-])N3C(=O)[C@H]([C@@H](C)O)[C@H]3[C@H]2C)C[C@H]1/C=C\c1csc2c[n+](CC)cn12. The van der Waals surface area contributed by atoms with Gasteiger partial charge in [0.2, 0.25) is 17.1 Å². The van der Waals surface area contributed by atoms with Crippen LogP contribution in [0, 0.1) is 11.8 Å². The van der Waals surface area contributed by atoms with Gasteiger partial charge in [-0.05, 0) is 26.3 Å². The molecule has 3 aliphatic heterocycles. The average molecular weight is 573 g/mol. The molecule has 5 rings (SSSR count). The quantitative estimate of drug-likeness (QED) is 0.276. The van der Waals surface area contributed by atoms with Crippen molar-refractivity contribution in [2.45, 2.75) is 57.2 Å². The first-order chi connectivity index (χ1) is 18.7. The highest BCUT2D eigenvalue weighted by Crippen LogP contribution is 2.52. The number of fused-ring (bicyclic) bond motifs is 2. The number of carbonyl (C=O) groups excluding carboxylic acids is 3. The molecule has 3 aliphatic rings. The van der Waals surface area contributed by atoms with Gasteiger partial charge in [-0.25, -0.2) is 9.36 Å². The Morgan fingerprint density at radius 3 is 2.87 bits per heavy atom. The number of likely N-dealkylation sites (tertiary alicyclic amines) is 1. The van der Waals surface area contributed by atoms with E-state index in [-0.39, 0.29) is 29.5 Å². The van der Waals surface area contributed by atoms with Crippen molar-refractivity contribution in [3.8, 4) is 0 Å². The van der Waals surface area contributed by atoms with Crippen molar-refractivity contribution in [2.24, 2.45) is 11.8 Å². The van der Waals surface area contributed by atoms with Gasteiger partial charge in [0, 0.05) is 28.0 Å². The van der Waals surface area contributed by atoms with Gasteiger partial charge in [0.15, 0.2) is 0 Å². The second-order valence-electron chi connectivity index (χ2n) is 10.1. The van der Waals surface area contributed by atoms with E-state index < -0.39 is 36.0 Å². The summed E-state index contributed by atoms with van der Waals surface area (Å²) in [5, 5.41) is 24.2. The van der Waals surface area contributed by atoms with Gasteiger partial charge in [-0.15, -0.1) is 11.8 Å². The smallest absolute Gasteiger partial charge is 0.410 e. The van der Waals surface area contributed by atoms with Crippen molar-refractivity contribution < 1.29 is 33.9 Å². The molecule has 2 saturated heterocycles. The number of hydrogen-bond donors (Lipinski definition) is 1. The molecular weight excluding hydrogens is 540 g/mol. The number of carboxylic acids is 1. The fourth-order valence-corrected chi connectivity index (χ4v) is 8.20. The van der Waals surface area contributed by atoms with Crippen LogP contribution in [0.15, 0.2) is 47.2 Å². The summed E-state index contributed by atoms with van der Waals surface area (Å²) in [6.45, 7) is 10.4. The number of nitrogens with zero attached hydrogens (tertiary/aromatic N) is 4. The molecule has 6 atom stereocenters. The number of carbonyl (C=O) groups is 3. The third-order valence-electron chi connectivity index (χ3n) is 7.67. The van der Waals surface area contributed by atoms with Crippen LogP contribution < -0.4 is 9.67 Å². The molecule has 0 spiro atoms. The number of amides is 2. The lowest BCUT2D eigenvalue weighted by Gasteiger charge is -2.47. The number of aliphatic hydroxyl groups is 1. The first-order valence-electron chi connectivity index (χ1n) is 13.0. The molecule has 2 aromatic rings. The molecule has 0 saturated carbocycles. The Balaban J connectivity index is 1.39. The number of aryl methyl sites for hydroxylation is 1. The number of rotatable bonds is 9. The first kappa shape index (κ1) is 27.5. The Morgan fingerprint density at radius 2 is 2.21 bits per heavy atom. The highest BCUT2D eigenvalue weighted by Gasteiger charge is 2.59. The summed E-state index contributed by atoms with van der Waals surface area (Å²) >= 11 is 3.01. The molecule has 39 heavy (non-hydrogen) atoms. The first-order valence-corrected chi connectivity index (χ1v) is 14.8. The van der Waals surface area contributed by atoms with E-state index in [0.29, 0.717) is 17.9 Å². The van der Waals surface area contributed by atoms with Crippen LogP contribution >= 0.6 is 23.1 Å². The van der Waals surface area contributed by atoms with Gasteiger partial charge in [0.25, 0.3) is 0 Å². The second kappa shape index (κ2) is 10.8. The minimum absolute atomic E-state index is 0.0889. The van der Waals surface area contributed by atoms with Crippen molar-refractivity contribution in [2.75, 3.05) is 13.2 Å². The molecular formula is C27H32N4O6S2. The van der Waals surface area contributed by atoms with Gasteiger partial charge >= 0.3 is 6.09 Å². The average Bonchev–Trinajstić information content (AvgIpc) is 3.63. The molecule has 5 heterocycles. The number of aliphatic carboxylic acids is 1. The zero-order valence-corrected chi connectivity index (χ0v) is 23.7. The lowest BCUT2D eigenvalue weighted by Crippen LogP contribution is -2.64. The van der Waals surface area contributed by atoms with E-state index in [1.807, 2.05) is 25.4 Å². The van der Waals surface area contributed by atoms with E-state index in [1.165, 1.54) is 22.7 Å². The number of aromatic nitrogens is 2. The molecule has 0 bridgehead atoms. The van der Waals surface area contributed by atoms with Crippen LogP contribution in [0.4, 0.5) is 4.79 Å². The summed E-state index contributed by atoms with van der Waals surface area (Å²) in [7, 11) is 0. The Labute approximate surface area is 234 Å². The van der Waals surface area contributed by atoms with E-state index in [0.717, 1.165) is 17.1 Å². The maximum Gasteiger partial charge on any atom is 0.410 e. The number of ether oxygens (including phenoxy) is 1. The summed E-state index contributed by atoms with van der Waals surface area (Å²) in [4.78, 5) is 42.3. The predicted molar refractivity (Wildman–Crippen MR) is 145 cm³/mol. The normalized spacial score (nSPS) is 27.4. The van der Waals surface area contributed by atoms with E-state index in [4.69, 9.17) is 4.74 Å². The standard InChI is InChI=1S/C27H32N4O6S2/c1-5-9-37-27(36)29-11-19(10-17(29)7-8-18-13-38-20-12-28(6-2)14-30(18)20)39-24-15(3)22-21(16(4)32)25(33)31(22)23(24)26(34)35/h5,7-8,12-17,19,21-22,32H,1,6,9-11H2,2-4H3/b8-7-/t15-,16-,17-,19+,21-,22-/m1/s1. The van der Waals surface area contributed by atoms with Gasteiger partial charge in [0.1, 0.15) is 18.5 Å². The lowest BCUT2D eigenvalue weighted by molar-refractivity contribution is -0.692. The van der Waals surface area contributed by atoms with Crippen LogP contribution in [0.25, 0.3) is 10.9 Å². The fourth-order valence-electron chi connectivity index (χ4n) is 5.77. The summed E-state index contributed by atoms with van der Waals surface area (Å²) in [6, 6.07) is -0.677. The summed E-state index contributed by atoms with van der Waals surface area (Å²) in [5.74, 6) is -2.71. The minimum Gasteiger partial charge on any atom is -0.543 e. The van der Waals surface area contributed by atoms with E-state index in [1.54, 1.807) is 23.2 Å². The van der Waals surface area contributed by atoms with Gasteiger partial charge in [-0.2, -0.15) is 4.40 Å². The van der Waals surface area contributed by atoms with Crippen molar-refractivity contribution in [3.63, 3.8) is 0 Å². The van der Waals surface area contributed by atoms with Crippen molar-refractivity contribution in [1.29, 1.82) is 0 Å². The van der Waals surface area contributed by atoms with Gasteiger partial charge in [-0.1, -0.05) is 37.0 Å². The van der Waals surface area contributed by atoms with Crippen LogP contribution in [0.2, 0.25) is 0 Å². The molecule has 2 amide bonds. The largest absolute Gasteiger partial charge is 0.543 e. The molecule has 1 N–H and O–H groups in total. The van der Waals surface area contributed by atoms with Gasteiger partial charge < -0.3 is 29.5 Å². The number of aliphatic hydroxyl groups excluding tert-OH is 1. The molecule has 2 fully saturated rings. The van der Waals surface area contributed by atoms with Crippen molar-refractivity contribution in [3.05, 3.63) is 52.9 Å². The zero-order chi connectivity index (χ0) is 28.0. The number of thioether (sulfide) groups is 1. The third-order valence-corrected chi connectivity index (χ3v) is 10.1. The predicted octanol–water partition coefficient (Wildman–Crippen LogP) is 1.64. The molecule has 0 aliphatic carbocycles. The summed E-state index contributed by atoms with van der Waals surface area (Å²) in [5.41, 5.74) is 0.882. The van der Waals surface area contributed by atoms with Crippen LogP contribution in [-0.2, 0) is 20.9 Å². The van der Waals surface area contributed by atoms with Crippen LogP contribution in [0.1, 0.15) is 32.9 Å². The molecule has 0 radical (unpaired) electrons. The Hall–Kier alpha value is -3.09. The maximum absolute atomic E-state index is 12.9. The maximum atomic E-state index is 12.9.